The fraction of sp³-hybridized carbons (Fsp3) is 0.143. The molecule has 0 aromatic heterocycles. The van der Waals surface area contributed by atoms with Crippen molar-refractivity contribution in [2.24, 2.45) is 16.9 Å². The third-order valence-corrected chi connectivity index (χ3v) is 5.07. The first-order valence-electron chi connectivity index (χ1n) is 8.30. The molecule has 124 valence electrons. The molecule has 2 aliphatic rings. The van der Waals surface area contributed by atoms with Crippen LogP contribution in [0.15, 0.2) is 77.4 Å². The van der Waals surface area contributed by atoms with Gasteiger partial charge in [-0.3, -0.25) is 4.79 Å². The van der Waals surface area contributed by atoms with Crippen LogP contribution >= 0.6 is 11.6 Å². The Hall–Kier alpha value is -2.65. The lowest BCUT2D eigenvalue weighted by Crippen LogP contribution is -2.18. The Kier molecular flexibility index (Phi) is 4.24. The Balaban J connectivity index is 1.56. The number of benzene rings is 2. The van der Waals surface area contributed by atoms with Crippen molar-refractivity contribution in [1.82, 2.24) is 5.43 Å². The van der Waals surface area contributed by atoms with Gasteiger partial charge in [0.05, 0.1) is 16.8 Å². The Morgan fingerprint density at radius 2 is 1.76 bits per heavy atom. The van der Waals surface area contributed by atoms with Crippen molar-refractivity contribution in [3.63, 3.8) is 0 Å². The van der Waals surface area contributed by atoms with Crippen LogP contribution in [0, 0.1) is 11.8 Å². The number of hydrazone groups is 1. The molecule has 0 heterocycles. The molecule has 1 N–H and O–H groups in total. The molecule has 4 heteroatoms. The molecule has 0 saturated carbocycles. The highest BCUT2D eigenvalue weighted by molar-refractivity contribution is 6.33. The molecule has 2 unspecified atom stereocenters. The number of nitrogens with zero attached hydrogens (tertiary/aromatic N) is 1. The van der Waals surface area contributed by atoms with Gasteiger partial charge < -0.3 is 0 Å². The molecule has 25 heavy (non-hydrogen) atoms. The van der Waals surface area contributed by atoms with Gasteiger partial charge in [-0.15, -0.1) is 0 Å². The maximum Gasteiger partial charge on any atom is 0.272 e. The second-order valence-corrected chi connectivity index (χ2v) is 6.65. The molecular weight excluding hydrogens is 332 g/mol. The van der Waals surface area contributed by atoms with Crippen molar-refractivity contribution in [3.05, 3.63) is 88.5 Å². The average molecular weight is 349 g/mol. The lowest BCUT2D eigenvalue weighted by atomic mass is 9.92. The highest BCUT2D eigenvalue weighted by Gasteiger charge is 2.34. The summed E-state index contributed by atoms with van der Waals surface area (Å²) in [6.07, 6.45) is 7.37. The number of fused-ring (bicyclic) bond motifs is 2. The monoisotopic (exact) mass is 348 g/mol. The Morgan fingerprint density at radius 3 is 2.56 bits per heavy atom. The van der Waals surface area contributed by atoms with E-state index in [1.807, 2.05) is 18.2 Å². The van der Waals surface area contributed by atoms with Crippen molar-refractivity contribution in [3.8, 4) is 0 Å². The molecule has 0 radical (unpaired) electrons. The zero-order valence-corrected chi connectivity index (χ0v) is 14.3. The number of hydrogen-bond donors (Lipinski definition) is 1. The minimum absolute atomic E-state index is 0.303. The summed E-state index contributed by atoms with van der Waals surface area (Å²) in [6, 6.07) is 17.3. The van der Waals surface area contributed by atoms with Gasteiger partial charge in [-0.25, -0.2) is 5.43 Å². The highest BCUT2D eigenvalue weighted by Crippen LogP contribution is 2.47. The number of carbonyl (C=O) groups is 1. The van der Waals surface area contributed by atoms with Crippen LogP contribution < -0.4 is 5.43 Å². The molecule has 0 saturated heterocycles. The predicted octanol–water partition coefficient (Wildman–Crippen LogP) is 4.72. The summed E-state index contributed by atoms with van der Waals surface area (Å²) in [5.74, 6) is 0.511. The molecule has 2 atom stereocenters. The number of halogens is 1. The van der Waals surface area contributed by atoms with E-state index in [1.54, 1.807) is 30.5 Å². The standard InChI is InChI=1S/C21H17ClN2O/c22-19-9-5-4-8-17(19)21(25)24-23-13-18-15-10-11-16(12-15)20(18)14-6-2-1-3-7-14/h1-11,13,15-16H,12H2,(H,24,25)/b23-13+. The fourth-order valence-electron chi connectivity index (χ4n) is 3.59. The van der Waals surface area contributed by atoms with E-state index in [9.17, 15) is 4.79 Å². The largest absolute Gasteiger partial charge is 0.272 e. The molecule has 2 bridgehead atoms. The van der Waals surface area contributed by atoms with Crippen LogP contribution in [-0.2, 0) is 0 Å². The van der Waals surface area contributed by atoms with Crippen molar-refractivity contribution in [1.29, 1.82) is 0 Å². The summed E-state index contributed by atoms with van der Waals surface area (Å²) in [5.41, 5.74) is 6.72. The van der Waals surface area contributed by atoms with E-state index < -0.39 is 0 Å². The first-order valence-corrected chi connectivity index (χ1v) is 8.67. The topological polar surface area (TPSA) is 41.5 Å². The zero-order valence-electron chi connectivity index (χ0n) is 13.5. The average Bonchev–Trinajstić information content (AvgIpc) is 3.24. The Labute approximate surface area is 151 Å². The van der Waals surface area contributed by atoms with E-state index in [4.69, 9.17) is 11.6 Å². The van der Waals surface area contributed by atoms with Gasteiger partial charge in [0, 0.05) is 11.8 Å². The minimum atomic E-state index is -0.303. The van der Waals surface area contributed by atoms with Gasteiger partial charge in [-0.05, 0) is 35.3 Å². The van der Waals surface area contributed by atoms with Gasteiger partial charge in [0.2, 0.25) is 0 Å². The maximum absolute atomic E-state index is 12.2. The molecule has 3 nitrogen and oxygen atoms in total. The summed E-state index contributed by atoms with van der Waals surface area (Å²) < 4.78 is 0. The van der Waals surface area contributed by atoms with Gasteiger partial charge in [0.1, 0.15) is 0 Å². The predicted molar refractivity (Wildman–Crippen MR) is 102 cm³/mol. The van der Waals surface area contributed by atoms with E-state index in [-0.39, 0.29) is 5.91 Å². The summed E-state index contributed by atoms with van der Waals surface area (Å²) in [5, 5.41) is 4.61. The van der Waals surface area contributed by atoms with Crippen LogP contribution in [-0.4, -0.2) is 12.1 Å². The summed E-state index contributed by atoms with van der Waals surface area (Å²) >= 11 is 6.05. The molecular formula is C21H17ClN2O. The SMILES string of the molecule is O=C(N/N=C/C1=C(c2ccccc2)C2C=CC1C2)c1ccccc1Cl. The van der Waals surface area contributed by atoms with Gasteiger partial charge >= 0.3 is 0 Å². The lowest BCUT2D eigenvalue weighted by molar-refractivity contribution is 0.0955. The quantitative estimate of drug-likeness (QED) is 0.485. The van der Waals surface area contributed by atoms with Crippen LogP contribution in [0.1, 0.15) is 22.3 Å². The second-order valence-electron chi connectivity index (χ2n) is 6.25. The van der Waals surface area contributed by atoms with Crippen LogP contribution in [0.5, 0.6) is 0 Å². The van der Waals surface area contributed by atoms with E-state index in [0.717, 1.165) is 6.42 Å². The number of allylic oxidation sites excluding steroid dienone is 4. The molecule has 2 aromatic carbocycles. The number of nitrogens with one attached hydrogen (secondary N) is 1. The molecule has 0 fully saturated rings. The fourth-order valence-corrected chi connectivity index (χ4v) is 3.81. The molecule has 4 rings (SSSR count). The van der Waals surface area contributed by atoms with Crippen LogP contribution in [0.2, 0.25) is 5.02 Å². The maximum atomic E-state index is 12.2. The number of rotatable bonds is 4. The van der Waals surface area contributed by atoms with Crippen LogP contribution in [0.4, 0.5) is 0 Å². The van der Waals surface area contributed by atoms with Gasteiger partial charge in [0.15, 0.2) is 0 Å². The normalized spacial score (nSPS) is 21.3. The van der Waals surface area contributed by atoms with Gasteiger partial charge in [-0.2, -0.15) is 5.10 Å². The first-order chi connectivity index (χ1) is 12.2. The van der Waals surface area contributed by atoms with Gasteiger partial charge in [-0.1, -0.05) is 66.2 Å². The smallest absolute Gasteiger partial charge is 0.267 e. The van der Waals surface area contributed by atoms with Crippen molar-refractivity contribution in [2.45, 2.75) is 6.42 Å². The van der Waals surface area contributed by atoms with E-state index in [2.05, 4.69) is 34.8 Å². The number of amides is 1. The first kappa shape index (κ1) is 15.9. The third kappa shape index (κ3) is 3.03. The number of carbonyl (C=O) groups excluding carboxylic acids is 1. The van der Waals surface area contributed by atoms with Gasteiger partial charge in [0.25, 0.3) is 5.91 Å². The van der Waals surface area contributed by atoms with Crippen molar-refractivity contribution < 1.29 is 4.79 Å². The molecule has 2 aliphatic carbocycles. The van der Waals surface area contributed by atoms with E-state index in [0.29, 0.717) is 22.4 Å². The van der Waals surface area contributed by atoms with Crippen molar-refractivity contribution >= 4 is 29.3 Å². The highest BCUT2D eigenvalue weighted by atomic mass is 35.5. The van der Waals surface area contributed by atoms with Crippen molar-refractivity contribution in [2.75, 3.05) is 0 Å². The summed E-state index contributed by atoms with van der Waals surface area (Å²) in [6.45, 7) is 0. The Morgan fingerprint density at radius 1 is 1.04 bits per heavy atom. The Bertz CT molecular complexity index is 899. The third-order valence-electron chi connectivity index (χ3n) is 4.74. The molecule has 0 aliphatic heterocycles. The van der Waals surface area contributed by atoms with Crippen LogP contribution in [0.25, 0.3) is 5.57 Å². The lowest BCUT2D eigenvalue weighted by Gasteiger charge is -2.13. The summed E-state index contributed by atoms with van der Waals surface area (Å²) in [7, 11) is 0. The minimum Gasteiger partial charge on any atom is -0.267 e. The van der Waals surface area contributed by atoms with Crippen LogP contribution in [0.3, 0.4) is 0 Å². The molecule has 0 spiro atoms. The molecule has 2 aromatic rings. The second kappa shape index (κ2) is 6.69. The van der Waals surface area contributed by atoms with E-state index in [1.165, 1.54) is 16.7 Å². The zero-order chi connectivity index (χ0) is 17.2. The van der Waals surface area contributed by atoms with E-state index >= 15 is 0 Å². The molecule has 1 amide bonds. The summed E-state index contributed by atoms with van der Waals surface area (Å²) in [4.78, 5) is 12.2. The number of hydrogen-bond acceptors (Lipinski definition) is 2.